The number of ether oxygens (including phenoxy) is 1. The lowest BCUT2D eigenvalue weighted by atomic mass is 9.96. The van der Waals surface area contributed by atoms with Gasteiger partial charge in [-0.25, -0.2) is 0 Å². The first kappa shape index (κ1) is 24.4. The van der Waals surface area contributed by atoms with Gasteiger partial charge in [-0.15, -0.1) is 0 Å². The van der Waals surface area contributed by atoms with Crippen molar-refractivity contribution in [2.45, 2.75) is 39.3 Å². The highest BCUT2D eigenvalue weighted by Gasteiger charge is 2.19. The fraction of sp³-hybridized carbons (Fsp3) is 0.226. The van der Waals surface area contributed by atoms with Crippen molar-refractivity contribution >= 4 is 44.3 Å². The van der Waals surface area contributed by atoms with Gasteiger partial charge in [0, 0.05) is 45.9 Å². The van der Waals surface area contributed by atoms with Gasteiger partial charge in [0.15, 0.2) is 5.78 Å². The van der Waals surface area contributed by atoms with E-state index in [0.717, 1.165) is 44.7 Å². The second-order valence-electron chi connectivity index (χ2n) is 9.07. The van der Waals surface area contributed by atoms with Crippen molar-refractivity contribution in [1.82, 2.24) is 4.57 Å². The van der Waals surface area contributed by atoms with Gasteiger partial charge in [0.05, 0.1) is 6.61 Å². The second kappa shape index (κ2) is 10.3. The Bertz CT molecular complexity index is 1640. The third-order valence-corrected chi connectivity index (χ3v) is 6.94. The fourth-order valence-electron chi connectivity index (χ4n) is 5.16. The standard InChI is InChI=1S/C31H28N2O4/c1-3-33-28-15-12-21(27(32-36)14-17-30(34)37-4-2)18-25(28)26-19-22(13-16-29(26)33)31(35)24-11-7-9-20-8-5-6-10-23(20)24/h5-13,15-16,18-19,27H,3-4,14,17H2,1-2H3. The molecule has 1 aromatic heterocycles. The zero-order chi connectivity index (χ0) is 25.9. The van der Waals surface area contributed by atoms with Crippen molar-refractivity contribution in [3.05, 3.63) is 100 Å². The van der Waals surface area contributed by atoms with E-state index < -0.39 is 6.04 Å². The highest BCUT2D eigenvalue weighted by Crippen LogP contribution is 2.34. The maximum absolute atomic E-state index is 13.6. The molecule has 0 fully saturated rings. The number of ketones is 1. The van der Waals surface area contributed by atoms with Crippen LogP contribution in [0, 0.1) is 4.91 Å². The number of benzene rings is 4. The molecule has 37 heavy (non-hydrogen) atoms. The number of carbonyl (C=O) groups excluding carboxylic acids is 2. The van der Waals surface area contributed by atoms with Gasteiger partial charge in [-0.1, -0.05) is 53.7 Å². The molecular weight excluding hydrogens is 464 g/mol. The van der Waals surface area contributed by atoms with Crippen LogP contribution in [-0.4, -0.2) is 22.9 Å². The van der Waals surface area contributed by atoms with Crippen molar-refractivity contribution in [3.63, 3.8) is 0 Å². The Morgan fingerprint density at radius 1 is 0.865 bits per heavy atom. The molecule has 0 aliphatic rings. The number of esters is 1. The molecule has 4 aromatic carbocycles. The minimum absolute atomic E-state index is 0.0332. The fourth-order valence-corrected chi connectivity index (χ4v) is 5.16. The maximum atomic E-state index is 13.6. The summed E-state index contributed by atoms with van der Waals surface area (Å²) in [6, 6.07) is 24.7. The molecule has 1 atom stereocenters. The zero-order valence-electron chi connectivity index (χ0n) is 20.9. The van der Waals surface area contributed by atoms with Gasteiger partial charge in [0.2, 0.25) is 0 Å². The Morgan fingerprint density at radius 2 is 1.59 bits per heavy atom. The quantitative estimate of drug-likeness (QED) is 0.122. The summed E-state index contributed by atoms with van der Waals surface area (Å²) < 4.78 is 7.20. The molecule has 0 aliphatic heterocycles. The number of hydrogen-bond acceptors (Lipinski definition) is 5. The number of nitroso groups, excluding NO2 is 1. The highest BCUT2D eigenvalue weighted by atomic mass is 16.5. The van der Waals surface area contributed by atoms with Crippen molar-refractivity contribution in [3.8, 4) is 0 Å². The van der Waals surface area contributed by atoms with Gasteiger partial charge in [-0.3, -0.25) is 9.59 Å². The van der Waals surface area contributed by atoms with Gasteiger partial charge >= 0.3 is 5.97 Å². The predicted octanol–water partition coefficient (Wildman–Crippen LogP) is 7.35. The number of carbonyl (C=O) groups is 2. The molecule has 6 nitrogen and oxygen atoms in total. The van der Waals surface area contributed by atoms with E-state index in [0.29, 0.717) is 17.7 Å². The smallest absolute Gasteiger partial charge is 0.305 e. The van der Waals surface area contributed by atoms with E-state index >= 15 is 0 Å². The number of aromatic nitrogens is 1. The van der Waals surface area contributed by atoms with Crippen molar-refractivity contribution in [2.24, 2.45) is 5.18 Å². The summed E-state index contributed by atoms with van der Waals surface area (Å²) in [6.07, 6.45) is 0.410. The Balaban J connectivity index is 1.59. The molecule has 1 unspecified atom stereocenters. The average molecular weight is 493 g/mol. The van der Waals surface area contributed by atoms with Crippen LogP contribution in [-0.2, 0) is 16.1 Å². The average Bonchev–Trinajstić information content (AvgIpc) is 3.25. The molecule has 0 saturated carbocycles. The lowest BCUT2D eigenvalue weighted by Gasteiger charge is -2.10. The van der Waals surface area contributed by atoms with Crippen molar-refractivity contribution in [2.75, 3.05) is 6.61 Å². The van der Waals surface area contributed by atoms with E-state index in [1.165, 1.54) is 0 Å². The van der Waals surface area contributed by atoms with E-state index in [2.05, 4.69) is 16.7 Å². The van der Waals surface area contributed by atoms with Crippen LogP contribution < -0.4 is 0 Å². The van der Waals surface area contributed by atoms with Crippen molar-refractivity contribution in [1.29, 1.82) is 0 Å². The molecule has 0 saturated heterocycles. The van der Waals surface area contributed by atoms with Crippen LogP contribution in [0.2, 0.25) is 0 Å². The predicted molar refractivity (Wildman–Crippen MR) is 147 cm³/mol. The molecule has 0 spiro atoms. The summed E-state index contributed by atoms with van der Waals surface area (Å²) in [6.45, 7) is 4.90. The lowest BCUT2D eigenvalue weighted by molar-refractivity contribution is -0.143. The number of aryl methyl sites for hydroxylation is 1. The van der Waals surface area contributed by atoms with Gasteiger partial charge in [0.1, 0.15) is 6.04 Å². The molecular formula is C31H28N2O4. The zero-order valence-corrected chi connectivity index (χ0v) is 20.9. The molecule has 1 heterocycles. The van der Waals surface area contributed by atoms with E-state index in [1.54, 1.807) is 6.92 Å². The Kier molecular flexibility index (Phi) is 6.82. The molecule has 186 valence electrons. The number of fused-ring (bicyclic) bond motifs is 4. The van der Waals surface area contributed by atoms with Crippen LogP contribution in [0.25, 0.3) is 32.6 Å². The number of rotatable bonds is 9. The Labute approximate surface area is 214 Å². The van der Waals surface area contributed by atoms with E-state index in [-0.39, 0.29) is 24.6 Å². The first-order valence-corrected chi connectivity index (χ1v) is 12.6. The SMILES string of the molecule is CCOC(=O)CCC(N=O)c1ccc2c(c1)c1cc(C(=O)c3cccc4ccccc34)ccc1n2CC. The van der Waals surface area contributed by atoms with Crippen LogP contribution in [0.4, 0.5) is 0 Å². The van der Waals surface area contributed by atoms with Crippen LogP contribution in [0.5, 0.6) is 0 Å². The second-order valence-corrected chi connectivity index (χ2v) is 9.07. The first-order valence-electron chi connectivity index (χ1n) is 12.6. The summed E-state index contributed by atoms with van der Waals surface area (Å²) in [5.41, 5.74) is 4.06. The molecule has 0 bridgehead atoms. The summed E-state index contributed by atoms with van der Waals surface area (Å²) >= 11 is 0. The van der Waals surface area contributed by atoms with Gasteiger partial charge < -0.3 is 9.30 Å². The highest BCUT2D eigenvalue weighted by molar-refractivity contribution is 6.19. The molecule has 6 heteroatoms. The van der Waals surface area contributed by atoms with Crippen LogP contribution >= 0.6 is 0 Å². The minimum atomic E-state index is -0.658. The molecule has 0 radical (unpaired) electrons. The van der Waals surface area contributed by atoms with Gasteiger partial charge in [-0.05, 0) is 66.9 Å². The monoisotopic (exact) mass is 492 g/mol. The minimum Gasteiger partial charge on any atom is -0.466 e. The van der Waals surface area contributed by atoms with Crippen LogP contribution in [0.1, 0.15) is 54.2 Å². The molecule has 5 rings (SSSR count). The maximum Gasteiger partial charge on any atom is 0.305 e. The number of hydrogen-bond donors (Lipinski definition) is 0. The summed E-state index contributed by atoms with van der Waals surface area (Å²) in [4.78, 5) is 37.1. The van der Waals surface area contributed by atoms with Crippen LogP contribution in [0.3, 0.4) is 0 Å². The Morgan fingerprint density at radius 3 is 2.35 bits per heavy atom. The van der Waals surface area contributed by atoms with Crippen molar-refractivity contribution < 1.29 is 14.3 Å². The molecule has 0 amide bonds. The topological polar surface area (TPSA) is 77.7 Å². The van der Waals surface area contributed by atoms with E-state index in [9.17, 15) is 14.5 Å². The summed E-state index contributed by atoms with van der Waals surface area (Å²) in [5, 5.41) is 7.15. The summed E-state index contributed by atoms with van der Waals surface area (Å²) in [5.74, 6) is -0.370. The van der Waals surface area contributed by atoms with Gasteiger partial charge in [-0.2, -0.15) is 4.91 Å². The lowest BCUT2D eigenvalue weighted by Crippen LogP contribution is -2.06. The first-order chi connectivity index (χ1) is 18.0. The van der Waals surface area contributed by atoms with Gasteiger partial charge in [0.25, 0.3) is 0 Å². The molecule has 5 aromatic rings. The number of nitrogens with zero attached hydrogens (tertiary/aromatic N) is 2. The largest absolute Gasteiger partial charge is 0.466 e. The third kappa shape index (κ3) is 4.51. The molecule has 0 aliphatic carbocycles. The van der Waals surface area contributed by atoms with Crippen LogP contribution in [0.15, 0.2) is 84.0 Å². The van der Waals surface area contributed by atoms with E-state index in [4.69, 9.17) is 4.74 Å². The Hall–Kier alpha value is -4.32. The normalized spacial score (nSPS) is 12.2. The van der Waals surface area contributed by atoms with E-state index in [1.807, 2.05) is 78.9 Å². The molecule has 0 N–H and O–H groups in total. The third-order valence-electron chi connectivity index (χ3n) is 6.94. The summed E-state index contributed by atoms with van der Waals surface area (Å²) in [7, 11) is 0.